The average molecular weight is 323 g/mol. The van der Waals surface area contributed by atoms with E-state index in [2.05, 4.69) is 0 Å². The zero-order chi connectivity index (χ0) is 16.1. The van der Waals surface area contributed by atoms with E-state index >= 15 is 0 Å². The SMILES string of the molecule is FC(F)[C@H](c1ccccc1)[Si](c1ccccc1)c1ccccc1. The summed E-state index contributed by atoms with van der Waals surface area (Å²) in [6, 6.07) is 28.6. The van der Waals surface area contributed by atoms with E-state index < -0.39 is 20.8 Å². The molecule has 0 spiro atoms. The Morgan fingerprint density at radius 1 is 0.565 bits per heavy atom. The molecule has 1 radical (unpaired) electrons. The highest BCUT2D eigenvalue weighted by Crippen LogP contribution is 2.26. The van der Waals surface area contributed by atoms with Gasteiger partial charge in [0.1, 0.15) is 8.80 Å². The maximum atomic E-state index is 14.0. The lowest BCUT2D eigenvalue weighted by molar-refractivity contribution is 0.141. The molecule has 23 heavy (non-hydrogen) atoms. The van der Waals surface area contributed by atoms with Crippen LogP contribution in [-0.2, 0) is 0 Å². The third-order valence-electron chi connectivity index (χ3n) is 3.89. The molecule has 115 valence electrons. The summed E-state index contributed by atoms with van der Waals surface area (Å²) in [5, 5.41) is 2.02. The number of halogens is 2. The minimum Gasteiger partial charge on any atom is -0.210 e. The van der Waals surface area contributed by atoms with Gasteiger partial charge in [-0.3, -0.25) is 0 Å². The van der Waals surface area contributed by atoms with Crippen LogP contribution in [-0.4, -0.2) is 15.2 Å². The van der Waals surface area contributed by atoms with Crippen molar-refractivity contribution in [3.05, 3.63) is 96.6 Å². The summed E-state index contributed by atoms with van der Waals surface area (Å²) in [6.45, 7) is 0. The fourth-order valence-corrected chi connectivity index (χ4v) is 5.79. The molecule has 0 aromatic heterocycles. The van der Waals surface area contributed by atoms with E-state index in [0.717, 1.165) is 10.4 Å². The van der Waals surface area contributed by atoms with Gasteiger partial charge in [-0.05, 0) is 5.56 Å². The van der Waals surface area contributed by atoms with Crippen LogP contribution < -0.4 is 10.4 Å². The van der Waals surface area contributed by atoms with Crippen molar-refractivity contribution in [2.45, 2.75) is 12.0 Å². The number of benzene rings is 3. The molecule has 0 amide bonds. The average Bonchev–Trinajstić information content (AvgIpc) is 2.61. The van der Waals surface area contributed by atoms with Crippen LogP contribution in [0.5, 0.6) is 0 Å². The van der Waals surface area contributed by atoms with Gasteiger partial charge in [-0.25, -0.2) is 8.78 Å². The molecule has 0 N–H and O–H groups in total. The zero-order valence-corrected chi connectivity index (χ0v) is 13.6. The number of rotatable bonds is 5. The first-order chi connectivity index (χ1) is 11.3. The molecule has 3 heteroatoms. The molecule has 1 atom stereocenters. The Balaban J connectivity index is 2.13. The fourth-order valence-electron chi connectivity index (χ4n) is 2.86. The van der Waals surface area contributed by atoms with Crippen molar-refractivity contribution < 1.29 is 8.78 Å². The van der Waals surface area contributed by atoms with Crippen LogP contribution in [0.2, 0.25) is 0 Å². The van der Waals surface area contributed by atoms with Gasteiger partial charge in [-0.15, -0.1) is 0 Å². The summed E-state index contributed by atoms with van der Waals surface area (Å²) in [5.41, 5.74) is -0.0601. The van der Waals surface area contributed by atoms with Crippen LogP contribution in [0.15, 0.2) is 91.0 Å². The molecule has 0 aliphatic heterocycles. The molecule has 0 aliphatic carbocycles. The molecule has 0 bridgehead atoms. The van der Waals surface area contributed by atoms with E-state index in [0.29, 0.717) is 5.56 Å². The van der Waals surface area contributed by atoms with Crippen molar-refractivity contribution in [2.75, 3.05) is 0 Å². The molecule has 0 saturated heterocycles. The Morgan fingerprint density at radius 3 is 1.35 bits per heavy atom. The van der Waals surface area contributed by atoms with Crippen LogP contribution >= 0.6 is 0 Å². The van der Waals surface area contributed by atoms with Crippen LogP contribution in [0.25, 0.3) is 0 Å². The first-order valence-electron chi connectivity index (χ1n) is 7.58. The molecule has 0 fully saturated rings. The van der Waals surface area contributed by atoms with Crippen molar-refractivity contribution >= 4 is 19.2 Å². The predicted octanol–water partition coefficient (Wildman–Crippen LogP) is 3.88. The van der Waals surface area contributed by atoms with E-state index in [1.54, 1.807) is 0 Å². The second-order valence-corrected chi connectivity index (χ2v) is 7.97. The lowest BCUT2D eigenvalue weighted by Crippen LogP contribution is -2.49. The van der Waals surface area contributed by atoms with Crippen LogP contribution in [0.3, 0.4) is 0 Å². The summed E-state index contributed by atoms with van der Waals surface area (Å²) in [6.07, 6.45) is -2.40. The molecule has 0 aliphatic rings. The molecule has 0 nitrogen and oxygen atoms in total. The van der Waals surface area contributed by atoms with Gasteiger partial charge in [-0.2, -0.15) is 0 Å². The smallest absolute Gasteiger partial charge is 0.210 e. The van der Waals surface area contributed by atoms with E-state index in [1.807, 2.05) is 91.0 Å². The van der Waals surface area contributed by atoms with Gasteiger partial charge >= 0.3 is 0 Å². The topological polar surface area (TPSA) is 0 Å². The van der Waals surface area contributed by atoms with Gasteiger partial charge < -0.3 is 0 Å². The quantitative estimate of drug-likeness (QED) is 0.625. The Kier molecular flexibility index (Phi) is 4.98. The second-order valence-electron chi connectivity index (χ2n) is 5.37. The molecule has 0 heterocycles. The van der Waals surface area contributed by atoms with Gasteiger partial charge in [0.05, 0.1) is 0 Å². The van der Waals surface area contributed by atoms with Crippen LogP contribution in [0.4, 0.5) is 8.78 Å². The Morgan fingerprint density at radius 2 is 0.957 bits per heavy atom. The first-order valence-corrected chi connectivity index (χ1v) is 9.16. The zero-order valence-electron chi connectivity index (χ0n) is 12.6. The first kappa shape index (κ1) is 15.6. The molecular weight excluding hydrogens is 306 g/mol. The van der Waals surface area contributed by atoms with E-state index in [1.165, 1.54) is 0 Å². The lowest BCUT2D eigenvalue weighted by Gasteiger charge is -2.26. The van der Waals surface area contributed by atoms with Crippen molar-refractivity contribution in [2.24, 2.45) is 0 Å². The van der Waals surface area contributed by atoms with Crippen molar-refractivity contribution in [1.82, 2.24) is 0 Å². The van der Waals surface area contributed by atoms with E-state index in [4.69, 9.17) is 0 Å². The molecule has 3 aromatic carbocycles. The van der Waals surface area contributed by atoms with Crippen molar-refractivity contribution in [3.8, 4) is 0 Å². The summed E-state index contributed by atoms with van der Waals surface area (Å²) in [7, 11) is -1.64. The van der Waals surface area contributed by atoms with Gasteiger partial charge in [0, 0.05) is 5.54 Å². The normalized spacial score (nSPS) is 12.5. The maximum Gasteiger partial charge on any atom is 0.243 e. The van der Waals surface area contributed by atoms with Crippen LogP contribution in [0.1, 0.15) is 11.1 Å². The van der Waals surface area contributed by atoms with Crippen molar-refractivity contribution in [3.63, 3.8) is 0 Å². The maximum absolute atomic E-state index is 14.0. The fraction of sp³-hybridized carbons (Fsp3) is 0.100. The second kappa shape index (κ2) is 7.33. The highest BCUT2D eigenvalue weighted by molar-refractivity contribution is 6.86. The summed E-state index contributed by atoms with van der Waals surface area (Å²) in [4.78, 5) is 0. The third-order valence-corrected chi connectivity index (χ3v) is 7.01. The minimum absolute atomic E-state index is 0.712. The molecule has 0 saturated carbocycles. The number of hydrogen-bond donors (Lipinski definition) is 0. The highest BCUT2D eigenvalue weighted by Gasteiger charge is 2.35. The Hall–Kier alpha value is -2.26. The Bertz CT molecular complexity index is 675. The Labute approximate surface area is 137 Å². The predicted molar refractivity (Wildman–Crippen MR) is 93.1 cm³/mol. The monoisotopic (exact) mass is 323 g/mol. The molecule has 3 rings (SSSR count). The number of hydrogen-bond acceptors (Lipinski definition) is 0. The summed E-state index contributed by atoms with van der Waals surface area (Å²) < 4.78 is 28.1. The summed E-state index contributed by atoms with van der Waals surface area (Å²) >= 11 is 0. The number of alkyl halides is 2. The minimum atomic E-state index is -2.40. The third kappa shape index (κ3) is 3.56. The summed E-state index contributed by atoms with van der Waals surface area (Å²) in [5.74, 6) is 0. The van der Waals surface area contributed by atoms with E-state index in [-0.39, 0.29) is 0 Å². The standard InChI is InChI=1S/C20H17F2Si/c21-20(22)19(16-10-4-1-5-11-16)23(17-12-6-2-7-13-17)18-14-8-3-9-15-18/h1-15,19-20H/t19-/m0/s1. The van der Waals surface area contributed by atoms with Crippen molar-refractivity contribution in [1.29, 1.82) is 0 Å². The largest absolute Gasteiger partial charge is 0.243 e. The molecule has 0 unspecified atom stereocenters. The van der Waals surface area contributed by atoms with Crippen LogP contribution in [0, 0.1) is 0 Å². The van der Waals surface area contributed by atoms with Gasteiger partial charge in [0.2, 0.25) is 6.43 Å². The van der Waals surface area contributed by atoms with Gasteiger partial charge in [0.15, 0.2) is 0 Å². The molecule has 3 aromatic rings. The van der Waals surface area contributed by atoms with Gasteiger partial charge in [-0.1, -0.05) is 101 Å². The highest BCUT2D eigenvalue weighted by atomic mass is 28.3. The molecular formula is C20H17F2Si. The van der Waals surface area contributed by atoms with E-state index in [9.17, 15) is 8.78 Å². The lowest BCUT2D eigenvalue weighted by atomic mass is 10.1. The van der Waals surface area contributed by atoms with Gasteiger partial charge in [0.25, 0.3) is 0 Å².